The van der Waals surface area contributed by atoms with Crippen LogP contribution in [0.3, 0.4) is 0 Å². The minimum Gasteiger partial charge on any atom is -0.489 e. The summed E-state index contributed by atoms with van der Waals surface area (Å²) >= 11 is 5.80. The molecule has 5 heteroatoms. The van der Waals surface area contributed by atoms with Crippen molar-refractivity contribution in [1.29, 1.82) is 0 Å². The lowest BCUT2D eigenvalue weighted by Crippen LogP contribution is -2.36. The highest BCUT2D eigenvalue weighted by atomic mass is 35.5. The molecule has 1 rings (SSSR count). The van der Waals surface area contributed by atoms with Crippen molar-refractivity contribution in [3.05, 3.63) is 29.3 Å². The van der Waals surface area contributed by atoms with Crippen LogP contribution in [0.5, 0.6) is 5.75 Å². The molecule has 1 aromatic rings. The van der Waals surface area contributed by atoms with Gasteiger partial charge in [-0.3, -0.25) is 4.79 Å². The maximum Gasteiger partial charge on any atom is 0.320 e. The highest BCUT2D eigenvalue weighted by Gasteiger charge is 2.16. The number of hydrogen-bond donors (Lipinski definition) is 1. The van der Waals surface area contributed by atoms with Crippen LogP contribution in [0.25, 0.3) is 0 Å². The number of halogens is 1. The van der Waals surface area contributed by atoms with E-state index in [2.05, 4.69) is 5.32 Å². The van der Waals surface area contributed by atoms with Gasteiger partial charge >= 0.3 is 5.97 Å². The summed E-state index contributed by atoms with van der Waals surface area (Å²) in [5.74, 6) is 0.483. The van der Waals surface area contributed by atoms with E-state index in [0.29, 0.717) is 11.6 Å². The van der Waals surface area contributed by atoms with Crippen LogP contribution in [0.4, 0.5) is 0 Å². The van der Waals surface area contributed by atoms with Crippen LogP contribution in [-0.4, -0.2) is 30.8 Å². The molecule has 112 valence electrons. The Bertz CT molecular complexity index is 426. The van der Waals surface area contributed by atoms with E-state index in [9.17, 15) is 4.79 Å². The van der Waals surface area contributed by atoms with E-state index in [1.165, 1.54) is 0 Å². The van der Waals surface area contributed by atoms with E-state index in [1.807, 2.05) is 39.8 Å². The van der Waals surface area contributed by atoms with Gasteiger partial charge in [-0.25, -0.2) is 0 Å². The van der Waals surface area contributed by atoms with Crippen molar-refractivity contribution in [3.8, 4) is 5.75 Å². The van der Waals surface area contributed by atoms with E-state index in [1.54, 1.807) is 12.1 Å². The fourth-order valence-electron chi connectivity index (χ4n) is 1.54. The summed E-state index contributed by atoms with van der Waals surface area (Å²) < 4.78 is 10.9. The molecule has 0 fully saturated rings. The molecule has 1 unspecified atom stereocenters. The monoisotopic (exact) mass is 299 g/mol. The van der Waals surface area contributed by atoms with Crippen LogP contribution < -0.4 is 10.1 Å². The fraction of sp³-hybridized carbons (Fsp3) is 0.533. The largest absolute Gasteiger partial charge is 0.489 e. The molecule has 0 radical (unpaired) electrons. The second-order valence-corrected chi connectivity index (χ2v) is 6.04. The molecule has 1 aromatic carbocycles. The summed E-state index contributed by atoms with van der Waals surface area (Å²) in [6.07, 6.45) is -0.0568. The summed E-state index contributed by atoms with van der Waals surface area (Å²) in [5.41, 5.74) is -0.454. The summed E-state index contributed by atoms with van der Waals surface area (Å²) in [7, 11) is 0. The van der Waals surface area contributed by atoms with E-state index in [4.69, 9.17) is 21.1 Å². The zero-order valence-corrected chi connectivity index (χ0v) is 13.2. The lowest BCUT2D eigenvalue weighted by Gasteiger charge is -2.20. The van der Waals surface area contributed by atoms with Crippen LogP contribution in [-0.2, 0) is 9.53 Å². The first kappa shape index (κ1) is 16.8. The third kappa shape index (κ3) is 7.36. The van der Waals surface area contributed by atoms with Gasteiger partial charge in [0.15, 0.2) is 0 Å². The summed E-state index contributed by atoms with van der Waals surface area (Å²) in [4.78, 5) is 11.5. The normalized spacial score (nSPS) is 12.8. The van der Waals surface area contributed by atoms with E-state index < -0.39 is 5.60 Å². The number of carbonyl (C=O) groups excluding carboxylic acids is 1. The SMILES string of the molecule is CC(CNCC(=O)OC(C)(C)C)Oc1ccc(Cl)cc1. The van der Waals surface area contributed by atoms with Crippen LogP contribution >= 0.6 is 11.6 Å². The van der Waals surface area contributed by atoms with Crippen molar-refractivity contribution in [1.82, 2.24) is 5.32 Å². The molecular weight excluding hydrogens is 278 g/mol. The highest BCUT2D eigenvalue weighted by Crippen LogP contribution is 2.16. The van der Waals surface area contributed by atoms with Gasteiger partial charge in [-0.1, -0.05) is 11.6 Å². The van der Waals surface area contributed by atoms with E-state index in [0.717, 1.165) is 5.75 Å². The first-order valence-electron chi connectivity index (χ1n) is 6.61. The quantitative estimate of drug-likeness (QED) is 0.820. The molecule has 0 aromatic heterocycles. The number of ether oxygens (including phenoxy) is 2. The maximum absolute atomic E-state index is 11.5. The molecule has 1 atom stereocenters. The van der Waals surface area contributed by atoms with E-state index >= 15 is 0 Å². The molecule has 0 aliphatic carbocycles. The first-order valence-corrected chi connectivity index (χ1v) is 6.99. The second kappa shape index (κ2) is 7.50. The Morgan fingerprint density at radius 1 is 1.30 bits per heavy atom. The summed E-state index contributed by atoms with van der Waals surface area (Å²) in [6, 6.07) is 7.18. The fourth-order valence-corrected chi connectivity index (χ4v) is 1.67. The van der Waals surface area contributed by atoms with Crippen LogP contribution in [0, 0.1) is 0 Å². The van der Waals surface area contributed by atoms with E-state index in [-0.39, 0.29) is 18.6 Å². The van der Waals surface area contributed by atoms with Crippen molar-refractivity contribution in [2.45, 2.75) is 39.4 Å². The van der Waals surface area contributed by atoms with Crippen molar-refractivity contribution < 1.29 is 14.3 Å². The second-order valence-electron chi connectivity index (χ2n) is 5.60. The van der Waals surface area contributed by atoms with Gasteiger partial charge in [-0.05, 0) is 52.0 Å². The standard InChI is InChI=1S/C15H22ClNO3/c1-11(19-13-7-5-12(16)6-8-13)9-17-10-14(18)20-15(2,3)4/h5-8,11,17H,9-10H2,1-4H3. The molecule has 0 aliphatic rings. The third-order valence-electron chi connectivity index (χ3n) is 2.27. The molecule has 0 heterocycles. The van der Waals surface area contributed by atoms with Crippen molar-refractivity contribution >= 4 is 17.6 Å². The first-order chi connectivity index (χ1) is 9.26. The number of carbonyl (C=O) groups is 1. The number of rotatable bonds is 6. The molecule has 0 aliphatic heterocycles. The number of esters is 1. The molecule has 4 nitrogen and oxygen atoms in total. The van der Waals surface area contributed by atoms with Gasteiger partial charge < -0.3 is 14.8 Å². The van der Waals surface area contributed by atoms with Gasteiger partial charge in [0.1, 0.15) is 17.5 Å². The van der Waals surface area contributed by atoms with Crippen molar-refractivity contribution in [2.75, 3.05) is 13.1 Å². The lowest BCUT2D eigenvalue weighted by molar-refractivity contribution is -0.153. The zero-order valence-electron chi connectivity index (χ0n) is 12.4. The van der Waals surface area contributed by atoms with Crippen molar-refractivity contribution in [2.24, 2.45) is 0 Å². The summed E-state index contributed by atoms with van der Waals surface area (Å²) in [6.45, 7) is 8.19. The Balaban J connectivity index is 2.25. The topological polar surface area (TPSA) is 47.6 Å². The van der Waals surface area contributed by atoms with Crippen LogP contribution in [0.1, 0.15) is 27.7 Å². The van der Waals surface area contributed by atoms with Gasteiger partial charge in [0.2, 0.25) is 0 Å². The average molecular weight is 300 g/mol. The maximum atomic E-state index is 11.5. The molecule has 0 amide bonds. The molecule has 0 spiro atoms. The van der Waals surface area contributed by atoms with Gasteiger partial charge in [0, 0.05) is 11.6 Å². The molecule has 20 heavy (non-hydrogen) atoms. The lowest BCUT2D eigenvalue weighted by atomic mass is 10.2. The number of benzene rings is 1. The Labute approximate surface area is 125 Å². The Hall–Kier alpha value is -1.26. The molecule has 0 saturated carbocycles. The smallest absolute Gasteiger partial charge is 0.320 e. The van der Waals surface area contributed by atoms with Gasteiger partial charge in [0.05, 0.1) is 6.54 Å². The molecule has 0 bridgehead atoms. The van der Waals surface area contributed by atoms with Crippen molar-refractivity contribution in [3.63, 3.8) is 0 Å². The minimum absolute atomic E-state index is 0.0568. The number of hydrogen-bond acceptors (Lipinski definition) is 4. The van der Waals surface area contributed by atoms with Gasteiger partial charge in [-0.15, -0.1) is 0 Å². The third-order valence-corrected chi connectivity index (χ3v) is 2.52. The minimum atomic E-state index is -0.454. The highest BCUT2D eigenvalue weighted by molar-refractivity contribution is 6.30. The zero-order chi connectivity index (χ0) is 15.2. The Morgan fingerprint density at radius 3 is 2.45 bits per heavy atom. The predicted molar refractivity (Wildman–Crippen MR) is 80.3 cm³/mol. The number of nitrogens with one attached hydrogen (secondary N) is 1. The Kier molecular flexibility index (Phi) is 6.30. The van der Waals surface area contributed by atoms with Gasteiger partial charge in [-0.2, -0.15) is 0 Å². The van der Waals surface area contributed by atoms with Crippen LogP contribution in [0.2, 0.25) is 5.02 Å². The Morgan fingerprint density at radius 2 is 1.90 bits per heavy atom. The molecule has 0 saturated heterocycles. The van der Waals surface area contributed by atoms with Gasteiger partial charge in [0.25, 0.3) is 0 Å². The molecule has 1 N–H and O–H groups in total. The predicted octanol–water partition coefficient (Wildman–Crippen LogP) is 3.04. The average Bonchev–Trinajstić information content (AvgIpc) is 2.29. The summed E-state index contributed by atoms with van der Waals surface area (Å²) in [5, 5.41) is 3.69. The van der Waals surface area contributed by atoms with Crippen LogP contribution in [0.15, 0.2) is 24.3 Å². The molecular formula is C15H22ClNO3.